The lowest BCUT2D eigenvalue weighted by Gasteiger charge is -2.04. The number of rotatable bonds is 2. The van der Waals surface area contributed by atoms with Crippen molar-refractivity contribution < 1.29 is 9.18 Å². The molecule has 0 saturated heterocycles. The van der Waals surface area contributed by atoms with Gasteiger partial charge in [0.1, 0.15) is 11.6 Å². The number of Topliss-reactive ketones (excluding diaryl/α,β-unsaturated/α-hetero) is 1. The second-order valence-electron chi connectivity index (χ2n) is 2.67. The minimum atomic E-state index is -0.716. The summed E-state index contributed by atoms with van der Waals surface area (Å²) in [6, 6.07) is 4.76. The Bertz CT molecular complexity index is 423. The Morgan fingerprint density at radius 3 is 2.64 bits per heavy atom. The molecule has 2 nitrogen and oxygen atoms in total. The zero-order valence-corrected chi connectivity index (χ0v) is 8.61. The molecule has 0 unspecified atom stereocenters. The molecule has 0 spiro atoms. The van der Waals surface area contributed by atoms with Crippen LogP contribution < -0.4 is 0 Å². The fourth-order valence-electron chi connectivity index (χ4n) is 1.10. The van der Waals surface area contributed by atoms with Gasteiger partial charge in [0.25, 0.3) is 0 Å². The van der Waals surface area contributed by atoms with Crippen molar-refractivity contribution in [3.8, 4) is 6.07 Å². The molecule has 0 aliphatic carbocycles. The molecule has 14 heavy (non-hydrogen) atoms. The average Bonchev–Trinajstić information content (AvgIpc) is 2.16. The molecular formula is C10H8FNOS. The lowest BCUT2D eigenvalue weighted by Crippen LogP contribution is -2.00. The van der Waals surface area contributed by atoms with E-state index in [4.69, 9.17) is 5.26 Å². The van der Waals surface area contributed by atoms with Gasteiger partial charge in [-0.3, -0.25) is 4.79 Å². The quantitative estimate of drug-likeness (QED) is 0.555. The molecular weight excluding hydrogens is 201 g/mol. The van der Waals surface area contributed by atoms with Gasteiger partial charge in [0.05, 0.1) is 5.56 Å². The Balaban J connectivity index is 3.44. The van der Waals surface area contributed by atoms with E-state index in [1.54, 1.807) is 18.4 Å². The Morgan fingerprint density at radius 1 is 1.57 bits per heavy atom. The summed E-state index contributed by atoms with van der Waals surface area (Å²) in [6.07, 6.45) is 1.75. The first-order chi connectivity index (χ1) is 6.61. The van der Waals surface area contributed by atoms with Gasteiger partial charge in [0.2, 0.25) is 0 Å². The molecule has 0 aliphatic heterocycles. The van der Waals surface area contributed by atoms with E-state index in [1.165, 1.54) is 24.8 Å². The molecule has 0 atom stereocenters. The van der Waals surface area contributed by atoms with E-state index in [2.05, 4.69) is 0 Å². The van der Waals surface area contributed by atoms with Gasteiger partial charge in [-0.2, -0.15) is 5.26 Å². The SMILES string of the molecule is CSc1ccc(C(C)=O)c(F)c1C#N. The summed E-state index contributed by atoms with van der Waals surface area (Å²) in [7, 11) is 0. The first-order valence-corrected chi connectivity index (χ1v) is 5.11. The minimum Gasteiger partial charge on any atom is -0.294 e. The van der Waals surface area contributed by atoms with Crippen molar-refractivity contribution in [1.82, 2.24) is 0 Å². The Labute approximate surface area is 85.7 Å². The van der Waals surface area contributed by atoms with Crippen LogP contribution in [0.2, 0.25) is 0 Å². The minimum absolute atomic E-state index is 0.0284. The Kier molecular flexibility index (Phi) is 3.26. The van der Waals surface area contributed by atoms with Gasteiger partial charge < -0.3 is 0 Å². The molecule has 72 valence electrons. The van der Waals surface area contributed by atoms with Crippen molar-refractivity contribution in [2.45, 2.75) is 11.8 Å². The van der Waals surface area contributed by atoms with Gasteiger partial charge in [-0.05, 0) is 25.3 Å². The number of carbonyl (C=O) groups is 1. The molecule has 0 fully saturated rings. The van der Waals surface area contributed by atoms with Crippen LogP contribution in [0.3, 0.4) is 0 Å². The Hall–Kier alpha value is -1.34. The van der Waals surface area contributed by atoms with Gasteiger partial charge in [-0.1, -0.05) is 0 Å². The highest BCUT2D eigenvalue weighted by atomic mass is 32.2. The fourth-order valence-corrected chi connectivity index (χ4v) is 1.65. The van der Waals surface area contributed by atoms with Crippen LogP contribution in [0.4, 0.5) is 4.39 Å². The number of halogens is 1. The summed E-state index contributed by atoms with van der Waals surface area (Å²) in [5.74, 6) is -1.08. The smallest absolute Gasteiger partial charge is 0.162 e. The van der Waals surface area contributed by atoms with Crippen LogP contribution in [-0.2, 0) is 0 Å². The van der Waals surface area contributed by atoms with Crippen molar-refractivity contribution in [3.63, 3.8) is 0 Å². The van der Waals surface area contributed by atoms with Crippen molar-refractivity contribution >= 4 is 17.5 Å². The van der Waals surface area contributed by atoms with Crippen LogP contribution in [0.1, 0.15) is 22.8 Å². The molecule has 4 heteroatoms. The lowest BCUT2D eigenvalue weighted by atomic mass is 10.1. The zero-order valence-electron chi connectivity index (χ0n) is 7.80. The lowest BCUT2D eigenvalue weighted by molar-refractivity contribution is 0.101. The standard InChI is InChI=1S/C10H8FNOS/c1-6(13)7-3-4-9(14-2)8(5-12)10(7)11/h3-4H,1-2H3. The third-order valence-electron chi connectivity index (χ3n) is 1.81. The summed E-state index contributed by atoms with van der Waals surface area (Å²) in [4.78, 5) is 11.5. The molecule has 1 aromatic rings. The van der Waals surface area contributed by atoms with E-state index in [0.29, 0.717) is 4.90 Å². The molecule has 0 heterocycles. The highest BCUT2D eigenvalue weighted by molar-refractivity contribution is 7.98. The fraction of sp³-hybridized carbons (Fsp3) is 0.200. The number of hydrogen-bond donors (Lipinski definition) is 0. The summed E-state index contributed by atoms with van der Waals surface area (Å²) < 4.78 is 13.5. The van der Waals surface area contributed by atoms with Gasteiger partial charge >= 0.3 is 0 Å². The molecule has 0 aliphatic rings. The normalized spacial score (nSPS) is 9.57. The van der Waals surface area contributed by atoms with Gasteiger partial charge in [0, 0.05) is 4.90 Å². The molecule has 0 radical (unpaired) electrons. The van der Waals surface area contributed by atoms with Gasteiger partial charge in [0.15, 0.2) is 11.6 Å². The van der Waals surface area contributed by atoms with E-state index >= 15 is 0 Å². The van der Waals surface area contributed by atoms with Crippen LogP contribution in [0, 0.1) is 17.1 Å². The number of ketones is 1. The van der Waals surface area contributed by atoms with Crippen LogP contribution in [0.15, 0.2) is 17.0 Å². The second kappa shape index (κ2) is 4.25. The number of hydrogen-bond acceptors (Lipinski definition) is 3. The van der Waals surface area contributed by atoms with E-state index in [-0.39, 0.29) is 16.9 Å². The number of nitriles is 1. The van der Waals surface area contributed by atoms with Crippen molar-refractivity contribution in [2.75, 3.05) is 6.26 Å². The van der Waals surface area contributed by atoms with E-state index in [0.717, 1.165) is 0 Å². The maximum absolute atomic E-state index is 13.5. The first kappa shape index (κ1) is 10.7. The molecule has 1 aromatic carbocycles. The van der Waals surface area contributed by atoms with Crippen molar-refractivity contribution in [3.05, 3.63) is 29.1 Å². The average molecular weight is 209 g/mol. The molecule has 0 N–H and O–H groups in total. The van der Waals surface area contributed by atoms with Crippen LogP contribution in [0.5, 0.6) is 0 Å². The predicted octanol–water partition coefficient (Wildman–Crippen LogP) is 2.62. The molecule has 1 rings (SSSR count). The summed E-state index contributed by atoms with van der Waals surface area (Å²) >= 11 is 1.28. The maximum Gasteiger partial charge on any atom is 0.162 e. The molecule has 0 amide bonds. The summed E-state index contributed by atoms with van der Waals surface area (Å²) in [6.45, 7) is 1.28. The molecule has 0 bridgehead atoms. The van der Waals surface area contributed by atoms with Crippen molar-refractivity contribution in [1.29, 1.82) is 5.26 Å². The molecule has 0 aromatic heterocycles. The van der Waals surface area contributed by atoms with Gasteiger partial charge in [-0.25, -0.2) is 4.39 Å². The first-order valence-electron chi connectivity index (χ1n) is 3.89. The van der Waals surface area contributed by atoms with Crippen LogP contribution in [-0.4, -0.2) is 12.0 Å². The van der Waals surface area contributed by atoms with E-state index in [9.17, 15) is 9.18 Å². The van der Waals surface area contributed by atoms with Crippen LogP contribution >= 0.6 is 11.8 Å². The Morgan fingerprint density at radius 2 is 2.21 bits per heavy atom. The third kappa shape index (κ3) is 1.78. The topological polar surface area (TPSA) is 40.9 Å². The second-order valence-corrected chi connectivity index (χ2v) is 3.52. The van der Waals surface area contributed by atoms with Gasteiger partial charge in [-0.15, -0.1) is 11.8 Å². The van der Waals surface area contributed by atoms with E-state index in [1.807, 2.05) is 0 Å². The van der Waals surface area contributed by atoms with E-state index < -0.39 is 5.82 Å². The summed E-state index contributed by atoms with van der Waals surface area (Å²) in [5.41, 5.74) is -0.0791. The number of nitrogens with zero attached hydrogens (tertiary/aromatic N) is 1. The van der Waals surface area contributed by atoms with Crippen LogP contribution in [0.25, 0.3) is 0 Å². The highest BCUT2D eigenvalue weighted by Gasteiger charge is 2.14. The third-order valence-corrected chi connectivity index (χ3v) is 2.59. The highest BCUT2D eigenvalue weighted by Crippen LogP contribution is 2.24. The monoisotopic (exact) mass is 209 g/mol. The molecule has 0 saturated carbocycles. The zero-order chi connectivity index (χ0) is 10.7. The maximum atomic E-state index is 13.5. The predicted molar refractivity (Wildman–Crippen MR) is 52.9 cm³/mol. The summed E-state index contributed by atoms with van der Waals surface area (Å²) in [5, 5.41) is 8.72. The largest absolute Gasteiger partial charge is 0.294 e. The number of thioether (sulfide) groups is 1. The number of benzene rings is 1. The number of carbonyl (C=O) groups excluding carboxylic acids is 1. The van der Waals surface area contributed by atoms with Crippen molar-refractivity contribution in [2.24, 2.45) is 0 Å².